The van der Waals surface area contributed by atoms with Crippen molar-refractivity contribution in [3.8, 4) is 0 Å². The minimum absolute atomic E-state index is 0.0341. The summed E-state index contributed by atoms with van der Waals surface area (Å²) >= 11 is 5.43. The van der Waals surface area contributed by atoms with Crippen molar-refractivity contribution in [1.82, 2.24) is 4.98 Å². The van der Waals surface area contributed by atoms with Crippen molar-refractivity contribution in [2.24, 2.45) is 5.73 Å². The molecule has 0 spiro atoms. The van der Waals surface area contributed by atoms with Gasteiger partial charge in [0.2, 0.25) is 0 Å². The Hall–Kier alpha value is -1.62. The molecule has 0 atom stereocenters. The van der Waals surface area contributed by atoms with Crippen LogP contribution in [0.1, 0.15) is 27.4 Å². The summed E-state index contributed by atoms with van der Waals surface area (Å²) < 4.78 is 4.87. The Kier molecular flexibility index (Phi) is 4.72. The van der Waals surface area contributed by atoms with E-state index in [9.17, 15) is 9.59 Å². The Morgan fingerprint density at radius 3 is 2.69 bits per heavy atom. The van der Waals surface area contributed by atoms with Crippen LogP contribution in [0.2, 0.25) is 0 Å². The number of aromatic nitrogens is 1. The van der Waals surface area contributed by atoms with Crippen LogP contribution in [0.3, 0.4) is 0 Å². The molecule has 0 bridgehead atoms. The van der Waals surface area contributed by atoms with Crippen LogP contribution in [-0.2, 0) is 4.74 Å². The first kappa shape index (κ1) is 12.4. The molecule has 0 aliphatic carbocycles. The molecule has 1 amide bonds. The molecule has 0 fully saturated rings. The van der Waals surface area contributed by atoms with Crippen LogP contribution in [0.25, 0.3) is 0 Å². The molecule has 0 saturated heterocycles. The summed E-state index contributed by atoms with van der Waals surface area (Å²) in [6.07, 6.45) is 0.572. The number of hydrogen-bond acceptors (Lipinski definition) is 4. The predicted molar refractivity (Wildman–Crippen MR) is 58.4 cm³/mol. The SMILES string of the molecule is NC(=O)c1cccc(C(=O)OCCCCl)n1. The van der Waals surface area contributed by atoms with E-state index in [4.69, 9.17) is 22.1 Å². The summed E-state index contributed by atoms with van der Waals surface area (Å²) in [5.41, 5.74) is 5.13. The third kappa shape index (κ3) is 3.51. The summed E-state index contributed by atoms with van der Waals surface area (Å²) in [6, 6.07) is 4.40. The van der Waals surface area contributed by atoms with E-state index in [0.717, 1.165) is 0 Å². The van der Waals surface area contributed by atoms with E-state index >= 15 is 0 Å². The van der Waals surface area contributed by atoms with Gasteiger partial charge in [-0.2, -0.15) is 0 Å². The zero-order valence-corrected chi connectivity index (χ0v) is 9.24. The number of rotatable bonds is 5. The number of halogens is 1. The highest BCUT2D eigenvalue weighted by Gasteiger charge is 2.11. The Labute approximate surface area is 97.6 Å². The van der Waals surface area contributed by atoms with Gasteiger partial charge < -0.3 is 10.5 Å². The van der Waals surface area contributed by atoms with Gasteiger partial charge in [0.15, 0.2) is 0 Å². The zero-order valence-electron chi connectivity index (χ0n) is 8.48. The van der Waals surface area contributed by atoms with E-state index in [1.54, 1.807) is 0 Å². The normalized spacial score (nSPS) is 9.81. The van der Waals surface area contributed by atoms with Gasteiger partial charge in [-0.3, -0.25) is 4.79 Å². The number of esters is 1. The van der Waals surface area contributed by atoms with Gasteiger partial charge in [0.1, 0.15) is 11.4 Å². The van der Waals surface area contributed by atoms with Gasteiger partial charge in [-0.15, -0.1) is 11.6 Å². The first-order valence-electron chi connectivity index (χ1n) is 4.65. The molecule has 16 heavy (non-hydrogen) atoms. The van der Waals surface area contributed by atoms with Crippen LogP contribution < -0.4 is 5.73 Å². The lowest BCUT2D eigenvalue weighted by Crippen LogP contribution is -2.16. The summed E-state index contributed by atoms with van der Waals surface area (Å²) in [7, 11) is 0. The molecule has 2 N–H and O–H groups in total. The largest absolute Gasteiger partial charge is 0.461 e. The third-order valence-electron chi connectivity index (χ3n) is 1.72. The number of carbonyl (C=O) groups is 2. The Bertz CT molecular complexity index is 395. The van der Waals surface area contributed by atoms with Crippen molar-refractivity contribution in [3.05, 3.63) is 29.6 Å². The van der Waals surface area contributed by atoms with Gasteiger partial charge in [-0.25, -0.2) is 9.78 Å². The predicted octanol–water partition coefficient (Wildman–Crippen LogP) is 0.966. The second kappa shape index (κ2) is 6.07. The molecule has 0 saturated carbocycles. The highest BCUT2D eigenvalue weighted by atomic mass is 35.5. The van der Waals surface area contributed by atoms with Crippen LogP contribution in [-0.4, -0.2) is 29.3 Å². The summed E-state index contributed by atoms with van der Waals surface area (Å²) in [5.74, 6) is -0.856. The summed E-state index contributed by atoms with van der Waals surface area (Å²) in [5, 5.41) is 0. The van der Waals surface area contributed by atoms with E-state index in [0.29, 0.717) is 12.3 Å². The van der Waals surface area contributed by atoms with Gasteiger partial charge in [0.25, 0.3) is 5.91 Å². The number of alkyl halides is 1. The van der Waals surface area contributed by atoms with Crippen molar-refractivity contribution in [3.63, 3.8) is 0 Å². The second-order valence-corrected chi connectivity index (χ2v) is 3.33. The first-order chi connectivity index (χ1) is 7.65. The van der Waals surface area contributed by atoms with Crippen LogP contribution in [0.15, 0.2) is 18.2 Å². The van der Waals surface area contributed by atoms with E-state index < -0.39 is 11.9 Å². The number of primary amides is 1. The zero-order chi connectivity index (χ0) is 12.0. The standard InChI is InChI=1S/C10H11ClN2O3/c11-5-2-6-16-10(15)8-4-1-3-7(13-8)9(12)14/h1,3-4H,2,5-6H2,(H2,12,14). The van der Waals surface area contributed by atoms with E-state index in [-0.39, 0.29) is 18.0 Å². The highest BCUT2D eigenvalue weighted by Crippen LogP contribution is 2.01. The lowest BCUT2D eigenvalue weighted by Gasteiger charge is -2.03. The molecule has 5 nitrogen and oxygen atoms in total. The van der Waals surface area contributed by atoms with Crippen LogP contribution in [0.5, 0.6) is 0 Å². The van der Waals surface area contributed by atoms with E-state index in [1.807, 2.05) is 0 Å². The van der Waals surface area contributed by atoms with Crippen LogP contribution in [0.4, 0.5) is 0 Å². The fourth-order valence-corrected chi connectivity index (χ4v) is 1.09. The molecule has 0 aliphatic rings. The van der Waals surface area contributed by atoms with E-state index in [2.05, 4.69) is 4.98 Å². The number of ether oxygens (including phenoxy) is 1. The number of nitrogens with two attached hydrogens (primary N) is 1. The average Bonchev–Trinajstić information content (AvgIpc) is 2.29. The van der Waals surface area contributed by atoms with Gasteiger partial charge in [-0.05, 0) is 18.6 Å². The number of amides is 1. The van der Waals surface area contributed by atoms with Crippen molar-refractivity contribution >= 4 is 23.5 Å². The Morgan fingerprint density at radius 2 is 2.06 bits per heavy atom. The first-order valence-corrected chi connectivity index (χ1v) is 5.18. The number of carbonyl (C=O) groups excluding carboxylic acids is 2. The molecule has 0 aliphatic heterocycles. The van der Waals surface area contributed by atoms with Crippen molar-refractivity contribution in [2.45, 2.75) is 6.42 Å². The molecule has 1 heterocycles. The average molecular weight is 243 g/mol. The maximum Gasteiger partial charge on any atom is 0.356 e. The fraction of sp³-hybridized carbons (Fsp3) is 0.300. The highest BCUT2D eigenvalue weighted by molar-refractivity contribution is 6.17. The molecule has 1 rings (SSSR count). The Morgan fingerprint density at radius 1 is 1.38 bits per heavy atom. The Balaban J connectivity index is 2.68. The van der Waals surface area contributed by atoms with Gasteiger partial charge >= 0.3 is 5.97 Å². The molecule has 1 aromatic rings. The smallest absolute Gasteiger partial charge is 0.356 e. The van der Waals surface area contributed by atoms with Gasteiger partial charge in [0.05, 0.1) is 6.61 Å². The van der Waals surface area contributed by atoms with Crippen LogP contribution in [0, 0.1) is 0 Å². The molecule has 86 valence electrons. The monoisotopic (exact) mass is 242 g/mol. The van der Waals surface area contributed by atoms with E-state index in [1.165, 1.54) is 18.2 Å². The minimum Gasteiger partial charge on any atom is -0.461 e. The number of hydrogen-bond donors (Lipinski definition) is 1. The molecule has 0 unspecified atom stereocenters. The quantitative estimate of drug-likeness (QED) is 0.474. The lowest BCUT2D eigenvalue weighted by atomic mass is 10.3. The fourth-order valence-electron chi connectivity index (χ4n) is 0.979. The number of nitrogens with zero attached hydrogens (tertiary/aromatic N) is 1. The van der Waals surface area contributed by atoms with Crippen molar-refractivity contribution < 1.29 is 14.3 Å². The van der Waals surface area contributed by atoms with Gasteiger partial charge in [-0.1, -0.05) is 6.07 Å². The summed E-state index contributed by atoms with van der Waals surface area (Å²) in [4.78, 5) is 26.0. The van der Waals surface area contributed by atoms with Gasteiger partial charge in [0, 0.05) is 5.88 Å². The lowest BCUT2D eigenvalue weighted by molar-refractivity contribution is 0.0499. The maximum atomic E-state index is 11.4. The molecular formula is C10H11ClN2O3. The van der Waals surface area contributed by atoms with Crippen molar-refractivity contribution in [2.75, 3.05) is 12.5 Å². The third-order valence-corrected chi connectivity index (χ3v) is 1.99. The molecular weight excluding hydrogens is 232 g/mol. The van der Waals surface area contributed by atoms with Crippen LogP contribution >= 0.6 is 11.6 Å². The minimum atomic E-state index is -0.685. The molecule has 0 radical (unpaired) electrons. The summed E-state index contributed by atoms with van der Waals surface area (Å²) in [6.45, 7) is 0.227. The second-order valence-electron chi connectivity index (χ2n) is 2.95. The molecule has 0 aromatic carbocycles. The molecule has 6 heteroatoms. The maximum absolute atomic E-state index is 11.4. The number of pyridine rings is 1. The topological polar surface area (TPSA) is 82.3 Å². The molecule has 1 aromatic heterocycles. The van der Waals surface area contributed by atoms with Crippen molar-refractivity contribution in [1.29, 1.82) is 0 Å².